The predicted molar refractivity (Wildman–Crippen MR) is 73.5 cm³/mol. The molecule has 0 bridgehead atoms. The monoisotopic (exact) mass is 298 g/mol. The van der Waals surface area contributed by atoms with Crippen molar-refractivity contribution in [2.75, 3.05) is 13.6 Å². The third-order valence-corrected chi connectivity index (χ3v) is 4.30. The average molecular weight is 298 g/mol. The minimum Gasteiger partial charge on any atom is -0.336 e. The summed E-state index contributed by atoms with van der Waals surface area (Å²) in [5.41, 5.74) is 1.40. The Kier molecular flexibility index (Phi) is 4.53. The number of H-pyrrole nitrogens is 1. The first kappa shape index (κ1) is 14.7. The van der Waals surface area contributed by atoms with Crippen LogP contribution in [0.4, 0.5) is 0 Å². The average Bonchev–Trinajstić information content (AvgIpc) is 3.01. The molecule has 2 heterocycles. The molecule has 3 N–H and O–H groups in total. The zero-order chi connectivity index (χ0) is 14.6. The van der Waals surface area contributed by atoms with Gasteiger partial charge in [0.05, 0.1) is 6.33 Å². The van der Waals surface area contributed by atoms with Gasteiger partial charge in [-0.3, -0.25) is 5.10 Å². The molecule has 0 aliphatic heterocycles. The molecule has 8 nitrogen and oxygen atoms in total. The lowest BCUT2D eigenvalue weighted by atomic mass is 10.3. The molecule has 0 atom stereocenters. The van der Waals surface area contributed by atoms with Gasteiger partial charge in [0.25, 0.3) is 10.0 Å². The molecule has 2 aromatic rings. The molecule has 20 heavy (non-hydrogen) atoms. The molecule has 2 aromatic heterocycles. The largest absolute Gasteiger partial charge is 0.336 e. The minimum atomic E-state index is -3.61. The van der Waals surface area contributed by atoms with Crippen molar-refractivity contribution in [2.45, 2.75) is 25.0 Å². The Balaban J connectivity index is 2.06. The highest BCUT2D eigenvalue weighted by Crippen LogP contribution is 2.15. The molecular weight excluding hydrogens is 280 g/mol. The molecule has 0 aliphatic rings. The molecule has 110 valence electrons. The van der Waals surface area contributed by atoms with Gasteiger partial charge in [-0.15, -0.1) is 0 Å². The van der Waals surface area contributed by atoms with E-state index in [-0.39, 0.29) is 11.6 Å². The van der Waals surface area contributed by atoms with Crippen molar-refractivity contribution < 1.29 is 8.42 Å². The van der Waals surface area contributed by atoms with Crippen molar-refractivity contribution in [1.82, 2.24) is 29.8 Å². The van der Waals surface area contributed by atoms with Gasteiger partial charge in [0.2, 0.25) is 0 Å². The third kappa shape index (κ3) is 3.24. The lowest BCUT2D eigenvalue weighted by molar-refractivity contribution is 0.567. The number of imidazole rings is 1. The zero-order valence-electron chi connectivity index (χ0n) is 11.4. The molecule has 0 fully saturated rings. The summed E-state index contributed by atoms with van der Waals surface area (Å²) in [7, 11) is -1.85. The van der Waals surface area contributed by atoms with Crippen LogP contribution >= 0.6 is 0 Å². The summed E-state index contributed by atoms with van der Waals surface area (Å²) in [6.45, 7) is 3.04. The van der Waals surface area contributed by atoms with Gasteiger partial charge < -0.3 is 9.88 Å². The van der Waals surface area contributed by atoms with Gasteiger partial charge in [0.1, 0.15) is 0 Å². The van der Waals surface area contributed by atoms with Gasteiger partial charge in [-0.1, -0.05) is 0 Å². The van der Waals surface area contributed by atoms with Crippen LogP contribution in [-0.2, 0) is 23.1 Å². The van der Waals surface area contributed by atoms with Gasteiger partial charge in [-0.25, -0.2) is 18.1 Å². The summed E-state index contributed by atoms with van der Waals surface area (Å²) in [5, 5.41) is 9.58. The number of rotatable bonds is 7. The molecule has 0 radical (unpaired) electrons. The van der Waals surface area contributed by atoms with Crippen LogP contribution < -0.4 is 10.0 Å². The van der Waals surface area contributed by atoms with Crippen molar-refractivity contribution in [2.24, 2.45) is 0 Å². The van der Waals surface area contributed by atoms with E-state index < -0.39 is 10.0 Å². The first-order valence-electron chi connectivity index (χ1n) is 6.18. The zero-order valence-corrected chi connectivity index (χ0v) is 12.2. The number of sulfonamides is 1. The smallest absolute Gasteiger partial charge is 0.260 e. The maximum absolute atomic E-state index is 12.2. The number of hydrogen-bond acceptors (Lipinski definition) is 5. The molecule has 0 aromatic carbocycles. The Morgan fingerprint density at radius 1 is 1.45 bits per heavy atom. The normalized spacial score (nSPS) is 11.9. The second-order valence-corrected chi connectivity index (χ2v) is 6.04. The molecule has 0 saturated carbocycles. The van der Waals surface area contributed by atoms with Crippen molar-refractivity contribution >= 4 is 10.0 Å². The van der Waals surface area contributed by atoms with E-state index in [0.29, 0.717) is 18.7 Å². The Labute approximate surface area is 117 Å². The number of nitrogens with one attached hydrogen (secondary N) is 3. The van der Waals surface area contributed by atoms with Crippen LogP contribution in [0.15, 0.2) is 23.7 Å². The van der Waals surface area contributed by atoms with Gasteiger partial charge in [0.15, 0.2) is 5.03 Å². The Morgan fingerprint density at radius 2 is 2.25 bits per heavy atom. The molecule has 2 rings (SSSR count). The van der Waals surface area contributed by atoms with E-state index in [2.05, 4.69) is 25.2 Å². The van der Waals surface area contributed by atoms with Gasteiger partial charge in [-0.2, -0.15) is 5.10 Å². The van der Waals surface area contributed by atoms with Gasteiger partial charge in [0, 0.05) is 43.3 Å². The van der Waals surface area contributed by atoms with E-state index in [1.807, 2.05) is 0 Å². The van der Waals surface area contributed by atoms with E-state index in [9.17, 15) is 8.42 Å². The number of aromatic nitrogens is 4. The summed E-state index contributed by atoms with van der Waals surface area (Å²) >= 11 is 0. The van der Waals surface area contributed by atoms with Crippen molar-refractivity contribution in [1.29, 1.82) is 0 Å². The summed E-state index contributed by atoms with van der Waals surface area (Å²) in [5.74, 6) is 0. The molecule has 0 aliphatic carbocycles. The second kappa shape index (κ2) is 6.16. The highest BCUT2D eigenvalue weighted by Gasteiger charge is 2.22. The summed E-state index contributed by atoms with van der Waals surface area (Å²) < 4.78 is 28.8. The predicted octanol–water partition coefficient (Wildman–Crippen LogP) is -0.387. The summed E-state index contributed by atoms with van der Waals surface area (Å²) in [6, 6.07) is 0. The van der Waals surface area contributed by atoms with Crippen LogP contribution in [0.1, 0.15) is 11.3 Å². The van der Waals surface area contributed by atoms with Crippen LogP contribution in [0.5, 0.6) is 0 Å². The molecule has 9 heteroatoms. The topological polar surface area (TPSA) is 105 Å². The Morgan fingerprint density at radius 3 is 2.90 bits per heavy atom. The van der Waals surface area contributed by atoms with E-state index in [1.54, 1.807) is 37.3 Å². The van der Waals surface area contributed by atoms with Crippen LogP contribution in [-0.4, -0.2) is 41.8 Å². The van der Waals surface area contributed by atoms with E-state index in [0.717, 1.165) is 5.69 Å². The fraction of sp³-hybridized carbons (Fsp3) is 0.455. The fourth-order valence-electron chi connectivity index (χ4n) is 1.83. The molecule has 0 saturated heterocycles. The molecule has 0 unspecified atom stereocenters. The highest BCUT2D eigenvalue weighted by atomic mass is 32.2. The third-order valence-electron chi connectivity index (χ3n) is 2.87. The number of aryl methyl sites for hydroxylation is 1. The summed E-state index contributed by atoms with van der Waals surface area (Å²) in [4.78, 5) is 3.90. The van der Waals surface area contributed by atoms with Crippen molar-refractivity contribution in [3.8, 4) is 0 Å². The second-order valence-electron chi connectivity index (χ2n) is 4.36. The van der Waals surface area contributed by atoms with Crippen LogP contribution in [0.2, 0.25) is 0 Å². The first-order valence-corrected chi connectivity index (χ1v) is 7.66. The van der Waals surface area contributed by atoms with Crippen molar-refractivity contribution in [3.05, 3.63) is 30.0 Å². The molecule has 0 spiro atoms. The SMILES string of the molecule is CNCc1c(S(=O)(=O)NCCn2ccnc2)n[nH]c1C. The van der Waals surface area contributed by atoms with Crippen molar-refractivity contribution in [3.63, 3.8) is 0 Å². The maximum atomic E-state index is 12.2. The highest BCUT2D eigenvalue weighted by molar-refractivity contribution is 7.89. The Hall–Kier alpha value is -1.71. The van der Waals surface area contributed by atoms with E-state index >= 15 is 0 Å². The first-order chi connectivity index (χ1) is 9.54. The maximum Gasteiger partial charge on any atom is 0.260 e. The van der Waals surface area contributed by atoms with Crippen LogP contribution in [0, 0.1) is 6.92 Å². The van der Waals surface area contributed by atoms with E-state index in [4.69, 9.17) is 0 Å². The Bertz CT molecular complexity index is 647. The molecular formula is C11H18N6O2S. The van der Waals surface area contributed by atoms with E-state index in [1.165, 1.54) is 0 Å². The number of hydrogen-bond donors (Lipinski definition) is 3. The quantitative estimate of drug-likeness (QED) is 0.646. The van der Waals surface area contributed by atoms with Gasteiger partial charge in [-0.05, 0) is 14.0 Å². The fourth-order valence-corrected chi connectivity index (χ4v) is 3.05. The standard InChI is InChI=1S/C11H18N6O2S/c1-9-10(7-12-2)11(16-15-9)20(18,19)14-4-6-17-5-3-13-8-17/h3,5,8,12,14H,4,6-7H2,1-2H3,(H,15,16). The van der Waals surface area contributed by atoms with Crippen LogP contribution in [0.3, 0.4) is 0 Å². The minimum absolute atomic E-state index is 0.0509. The lowest BCUT2D eigenvalue weighted by Crippen LogP contribution is -2.28. The number of nitrogens with zero attached hydrogens (tertiary/aromatic N) is 3. The van der Waals surface area contributed by atoms with Gasteiger partial charge >= 0.3 is 0 Å². The lowest BCUT2D eigenvalue weighted by Gasteiger charge is -2.07. The van der Waals surface area contributed by atoms with Crippen LogP contribution in [0.25, 0.3) is 0 Å². The summed E-state index contributed by atoms with van der Waals surface area (Å²) in [6.07, 6.45) is 5.06. The molecule has 0 amide bonds. The number of aromatic amines is 1.